The Morgan fingerprint density at radius 1 is 0.838 bits per heavy atom. The van der Waals surface area contributed by atoms with Gasteiger partial charge in [0.2, 0.25) is 0 Å². The fourth-order valence-corrected chi connectivity index (χ4v) is 4.43. The number of ether oxygens (including phenoxy) is 5. The monoisotopic (exact) mass is 654 g/mol. The number of hydrogen-bond donors (Lipinski definition) is 8. The molecule has 0 aromatic rings. The highest BCUT2D eigenvalue weighted by atomic mass is 127. The highest BCUT2D eigenvalue weighted by Gasteiger charge is 2.47. The first-order valence-corrected chi connectivity index (χ1v) is 13.2. The van der Waals surface area contributed by atoms with Crippen LogP contribution in [0.5, 0.6) is 0 Å². The number of carbonyl (C=O) groups is 2. The molecule has 2 fully saturated rings. The van der Waals surface area contributed by atoms with Crippen LogP contribution in [0.25, 0.3) is 0 Å². The number of carbonyl (C=O) groups excluding carboxylic acids is 1. The molecule has 37 heavy (non-hydrogen) atoms. The van der Waals surface area contributed by atoms with Crippen molar-refractivity contribution in [3.05, 3.63) is 0 Å². The van der Waals surface area contributed by atoms with E-state index in [1.54, 1.807) is 6.92 Å². The summed E-state index contributed by atoms with van der Waals surface area (Å²) in [7, 11) is 0. The predicted octanol–water partition coefficient (Wildman–Crippen LogP) is -3.04. The van der Waals surface area contributed by atoms with E-state index in [9.17, 15) is 45.3 Å². The lowest BCUT2D eigenvalue weighted by molar-refractivity contribution is -0.355. The summed E-state index contributed by atoms with van der Waals surface area (Å²) >= 11 is 2.03. The number of aliphatic carboxylic acids is 1. The van der Waals surface area contributed by atoms with Gasteiger partial charge in [-0.25, -0.2) is 0 Å². The maximum Gasteiger partial charge on any atom is 0.308 e. The molecular formula is C21H35IO15. The van der Waals surface area contributed by atoms with Gasteiger partial charge >= 0.3 is 11.9 Å². The molecule has 0 amide bonds. The molecule has 0 radical (unpaired) electrons. The summed E-state index contributed by atoms with van der Waals surface area (Å²) in [5, 5.41) is 78.8. The number of aliphatic hydroxyl groups excluding tert-OH is 7. The van der Waals surface area contributed by atoms with E-state index in [0.717, 1.165) is 0 Å². The molecule has 2 rings (SSSR count). The largest absolute Gasteiger partial charge is 0.481 e. The second-order valence-corrected chi connectivity index (χ2v) is 9.85. The number of aliphatic hydroxyl groups is 7. The van der Waals surface area contributed by atoms with E-state index in [4.69, 9.17) is 28.8 Å². The SMILES string of the molecule is CCC(CC(=O)O)OC(=O)CC(CCI)OC1OC(CO[C@@H]2O[C@@H](O)[C@H](O)C(O)C2O)[C@@H](O)[C@H](O)C1O. The summed E-state index contributed by atoms with van der Waals surface area (Å²) in [6, 6.07) is 0. The third-order valence-corrected chi connectivity index (χ3v) is 6.57. The summed E-state index contributed by atoms with van der Waals surface area (Å²) in [5.74, 6) is -1.85. The van der Waals surface area contributed by atoms with Gasteiger partial charge in [0.1, 0.15) is 48.8 Å². The maximum atomic E-state index is 12.4. The maximum absolute atomic E-state index is 12.4. The highest BCUT2D eigenvalue weighted by molar-refractivity contribution is 14.1. The van der Waals surface area contributed by atoms with Crippen LogP contribution in [-0.4, -0.2) is 138 Å². The van der Waals surface area contributed by atoms with E-state index in [1.165, 1.54) is 0 Å². The molecule has 2 heterocycles. The zero-order chi connectivity index (χ0) is 27.9. The van der Waals surface area contributed by atoms with Crippen LogP contribution in [0.4, 0.5) is 0 Å². The third-order valence-electron chi connectivity index (χ3n) is 5.95. The molecule has 0 aromatic carbocycles. The number of hydrogen-bond acceptors (Lipinski definition) is 14. The Morgan fingerprint density at radius 3 is 2.05 bits per heavy atom. The van der Waals surface area contributed by atoms with Gasteiger partial charge in [-0.1, -0.05) is 29.5 Å². The summed E-state index contributed by atoms with van der Waals surface area (Å²) in [6.45, 7) is 1.11. The molecule has 2 aliphatic rings. The van der Waals surface area contributed by atoms with Gasteiger partial charge in [0.15, 0.2) is 18.9 Å². The minimum absolute atomic E-state index is 0.290. The molecule has 7 unspecified atom stereocenters. The van der Waals surface area contributed by atoms with Gasteiger partial charge in [-0.15, -0.1) is 0 Å². The van der Waals surface area contributed by atoms with Crippen LogP contribution in [0.15, 0.2) is 0 Å². The van der Waals surface area contributed by atoms with Crippen LogP contribution in [0.3, 0.4) is 0 Å². The van der Waals surface area contributed by atoms with E-state index in [-0.39, 0.29) is 12.8 Å². The lowest BCUT2D eigenvalue weighted by atomic mass is 9.99. The van der Waals surface area contributed by atoms with Crippen molar-refractivity contribution < 1.29 is 74.1 Å². The number of esters is 1. The van der Waals surface area contributed by atoms with Gasteiger partial charge in [0.25, 0.3) is 0 Å². The second kappa shape index (κ2) is 15.1. The Hall–Kier alpha value is -0.770. The zero-order valence-electron chi connectivity index (χ0n) is 20.0. The van der Waals surface area contributed by atoms with Gasteiger partial charge in [0.05, 0.1) is 25.6 Å². The predicted molar refractivity (Wildman–Crippen MR) is 127 cm³/mol. The molecule has 2 aliphatic heterocycles. The Kier molecular flexibility index (Phi) is 13.3. The van der Waals surface area contributed by atoms with Crippen molar-refractivity contribution in [1.82, 2.24) is 0 Å². The molecule has 15 nitrogen and oxygen atoms in total. The zero-order valence-corrected chi connectivity index (χ0v) is 22.1. The smallest absolute Gasteiger partial charge is 0.308 e. The molecule has 0 bridgehead atoms. The average Bonchev–Trinajstić information content (AvgIpc) is 2.84. The average molecular weight is 654 g/mol. The summed E-state index contributed by atoms with van der Waals surface area (Å²) < 4.78 is 27.1. The van der Waals surface area contributed by atoms with Crippen LogP contribution in [0.1, 0.15) is 32.6 Å². The van der Waals surface area contributed by atoms with Crippen LogP contribution >= 0.6 is 22.6 Å². The van der Waals surface area contributed by atoms with E-state index in [0.29, 0.717) is 17.3 Å². The Morgan fingerprint density at radius 2 is 1.46 bits per heavy atom. The summed E-state index contributed by atoms with van der Waals surface area (Å²) in [4.78, 5) is 23.3. The Bertz CT molecular complexity index is 728. The molecule has 12 atom stereocenters. The van der Waals surface area contributed by atoms with Crippen LogP contribution in [0.2, 0.25) is 0 Å². The lowest BCUT2D eigenvalue weighted by Gasteiger charge is -2.42. The lowest BCUT2D eigenvalue weighted by Crippen LogP contribution is -2.61. The van der Waals surface area contributed by atoms with Gasteiger partial charge in [-0.05, 0) is 12.8 Å². The van der Waals surface area contributed by atoms with Crippen molar-refractivity contribution in [2.24, 2.45) is 0 Å². The van der Waals surface area contributed by atoms with Gasteiger partial charge in [0, 0.05) is 4.43 Å². The molecule has 0 saturated carbocycles. The quantitative estimate of drug-likeness (QED) is 0.0560. The van der Waals surface area contributed by atoms with Crippen molar-refractivity contribution in [2.75, 3.05) is 11.0 Å². The molecule has 0 aliphatic carbocycles. The number of carboxylic acids is 1. The van der Waals surface area contributed by atoms with Crippen molar-refractivity contribution in [2.45, 2.75) is 106 Å². The van der Waals surface area contributed by atoms with Crippen LogP contribution in [0, 0.1) is 0 Å². The topological polar surface area (TPSA) is 242 Å². The first kappa shape index (κ1) is 32.4. The fourth-order valence-electron chi connectivity index (χ4n) is 3.74. The fraction of sp³-hybridized carbons (Fsp3) is 0.905. The standard InChI is InChI=1S/C21H35IO15/c1-2-8(5-11(23)24)34-12(25)6-9(3-4-22)35-21-18(31)14(27)13(26)10(36-21)7-33-20-17(30)15(28)16(29)19(32)37-20/h8-10,13-21,26-32H,2-7H2,1H3,(H,23,24)/t8?,9?,10?,13-,14+,15?,16-,17?,18?,19-,20-,21?/m1/s1. The summed E-state index contributed by atoms with van der Waals surface area (Å²) in [5.41, 5.74) is 0. The minimum atomic E-state index is -1.86. The summed E-state index contributed by atoms with van der Waals surface area (Å²) in [6.07, 6.45) is -18.6. The van der Waals surface area contributed by atoms with Crippen molar-refractivity contribution >= 4 is 34.5 Å². The molecule has 216 valence electrons. The van der Waals surface area contributed by atoms with Gasteiger partial charge in [-0.2, -0.15) is 0 Å². The molecule has 16 heteroatoms. The van der Waals surface area contributed by atoms with Crippen molar-refractivity contribution in [3.8, 4) is 0 Å². The second-order valence-electron chi connectivity index (χ2n) is 8.77. The van der Waals surface area contributed by atoms with E-state index in [1.807, 2.05) is 22.6 Å². The normalized spacial score (nSPS) is 38.1. The van der Waals surface area contributed by atoms with Gasteiger partial charge in [-0.3, -0.25) is 9.59 Å². The first-order valence-electron chi connectivity index (χ1n) is 11.7. The number of alkyl halides is 1. The first-order chi connectivity index (χ1) is 17.4. The number of halogens is 1. The van der Waals surface area contributed by atoms with Crippen molar-refractivity contribution in [1.29, 1.82) is 0 Å². The van der Waals surface area contributed by atoms with Crippen molar-refractivity contribution in [3.63, 3.8) is 0 Å². The minimum Gasteiger partial charge on any atom is -0.481 e. The molecule has 2 saturated heterocycles. The number of rotatable bonds is 13. The van der Waals surface area contributed by atoms with E-state index in [2.05, 4.69) is 0 Å². The molecular weight excluding hydrogens is 619 g/mol. The van der Waals surface area contributed by atoms with Crippen LogP contribution in [-0.2, 0) is 33.3 Å². The van der Waals surface area contributed by atoms with E-state index < -0.39 is 92.4 Å². The Balaban J connectivity index is 2.00. The third kappa shape index (κ3) is 9.14. The van der Waals surface area contributed by atoms with Gasteiger partial charge < -0.3 is 64.5 Å². The molecule has 0 aromatic heterocycles. The van der Waals surface area contributed by atoms with E-state index >= 15 is 0 Å². The number of carboxylic acid groups (broad SMARTS) is 1. The highest BCUT2D eigenvalue weighted by Crippen LogP contribution is 2.27. The van der Waals surface area contributed by atoms with Crippen LogP contribution < -0.4 is 0 Å². The Labute approximate surface area is 226 Å². The molecule has 0 spiro atoms. The molecule has 8 N–H and O–H groups in total.